The summed E-state index contributed by atoms with van der Waals surface area (Å²) in [5.74, 6) is -3.57. The molecule has 0 radical (unpaired) electrons. The molecular formula is C8H3Cl2F2N. The van der Waals surface area contributed by atoms with E-state index in [9.17, 15) is 8.78 Å². The molecule has 0 heterocycles. The predicted octanol–water partition coefficient (Wildman–Crippen LogP) is 3.61. The molecule has 0 atom stereocenters. The van der Waals surface area contributed by atoms with Gasteiger partial charge in [0.25, 0.3) is 0 Å². The number of hydrogen-bond donors (Lipinski definition) is 0. The van der Waals surface area contributed by atoms with E-state index in [2.05, 4.69) is 0 Å². The van der Waals surface area contributed by atoms with Crippen LogP contribution in [0.15, 0.2) is 18.2 Å². The fraction of sp³-hybridized carbons (Fsp3) is 0.125. The Morgan fingerprint density at radius 1 is 1.31 bits per heavy atom. The van der Waals surface area contributed by atoms with Crippen molar-refractivity contribution in [2.24, 2.45) is 0 Å². The molecule has 1 aromatic carbocycles. The Morgan fingerprint density at radius 2 is 1.92 bits per heavy atom. The van der Waals surface area contributed by atoms with E-state index < -0.39 is 11.5 Å². The van der Waals surface area contributed by atoms with Crippen LogP contribution in [0.1, 0.15) is 5.56 Å². The number of nitriles is 1. The van der Waals surface area contributed by atoms with Crippen molar-refractivity contribution in [1.29, 1.82) is 5.26 Å². The highest BCUT2D eigenvalue weighted by Crippen LogP contribution is 2.33. The molecule has 68 valence electrons. The maximum Gasteiger partial charge on any atom is 0.358 e. The zero-order valence-electron chi connectivity index (χ0n) is 6.19. The lowest BCUT2D eigenvalue weighted by Gasteiger charge is -2.09. The molecule has 0 aliphatic rings. The van der Waals surface area contributed by atoms with Gasteiger partial charge in [0, 0.05) is 5.02 Å². The maximum absolute atomic E-state index is 12.8. The molecule has 0 aliphatic carbocycles. The second-order valence-electron chi connectivity index (χ2n) is 2.31. The molecular weight excluding hydrogens is 219 g/mol. The molecule has 0 aromatic heterocycles. The monoisotopic (exact) mass is 221 g/mol. The van der Waals surface area contributed by atoms with Crippen LogP contribution in [0.25, 0.3) is 0 Å². The zero-order chi connectivity index (χ0) is 10.1. The van der Waals surface area contributed by atoms with E-state index in [0.29, 0.717) is 0 Å². The van der Waals surface area contributed by atoms with Gasteiger partial charge in [-0.3, -0.25) is 0 Å². The van der Waals surface area contributed by atoms with Crippen molar-refractivity contribution in [2.45, 2.75) is 5.92 Å². The first kappa shape index (κ1) is 10.2. The first-order valence-corrected chi connectivity index (χ1v) is 3.97. The Bertz CT molecular complexity index is 371. The number of alkyl halides is 2. The molecule has 0 aliphatic heterocycles. The molecule has 1 nitrogen and oxygen atoms in total. The van der Waals surface area contributed by atoms with Crippen LogP contribution in [0.2, 0.25) is 10.0 Å². The number of halogens is 4. The summed E-state index contributed by atoms with van der Waals surface area (Å²) in [6.45, 7) is 0. The van der Waals surface area contributed by atoms with Gasteiger partial charge < -0.3 is 0 Å². The smallest absolute Gasteiger partial charge is 0.191 e. The summed E-state index contributed by atoms with van der Waals surface area (Å²) in [5, 5.41) is 8.19. The van der Waals surface area contributed by atoms with Crippen molar-refractivity contribution in [2.75, 3.05) is 0 Å². The van der Waals surface area contributed by atoms with Gasteiger partial charge in [-0.15, -0.1) is 0 Å². The van der Waals surface area contributed by atoms with Gasteiger partial charge in [0.1, 0.15) is 6.07 Å². The summed E-state index contributed by atoms with van der Waals surface area (Å²) in [6, 6.07) is 4.32. The topological polar surface area (TPSA) is 23.8 Å². The summed E-state index contributed by atoms with van der Waals surface area (Å²) in [7, 11) is 0. The van der Waals surface area contributed by atoms with E-state index in [-0.39, 0.29) is 10.0 Å². The predicted molar refractivity (Wildman–Crippen MR) is 46.0 cm³/mol. The van der Waals surface area contributed by atoms with Gasteiger partial charge in [-0.05, 0) is 18.2 Å². The van der Waals surface area contributed by atoms with E-state index in [1.807, 2.05) is 0 Å². The standard InChI is InChI=1S/C8H3Cl2F2N/c9-5-1-2-6(7(10)3-5)8(11,12)4-13/h1-3H. The third kappa shape index (κ3) is 2.09. The molecule has 0 saturated heterocycles. The zero-order valence-corrected chi connectivity index (χ0v) is 7.70. The van der Waals surface area contributed by atoms with Gasteiger partial charge >= 0.3 is 5.92 Å². The molecule has 5 heteroatoms. The van der Waals surface area contributed by atoms with E-state index >= 15 is 0 Å². The van der Waals surface area contributed by atoms with Crippen LogP contribution in [0.3, 0.4) is 0 Å². The van der Waals surface area contributed by atoms with Gasteiger partial charge in [0.05, 0.1) is 10.6 Å². The molecule has 13 heavy (non-hydrogen) atoms. The Labute approximate surface area is 83.5 Å². The normalized spacial score (nSPS) is 11.0. The number of benzene rings is 1. The van der Waals surface area contributed by atoms with Gasteiger partial charge in [0.2, 0.25) is 0 Å². The lowest BCUT2D eigenvalue weighted by Crippen LogP contribution is -2.10. The third-order valence-electron chi connectivity index (χ3n) is 1.41. The summed E-state index contributed by atoms with van der Waals surface area (Å²) in [5.41, 5.74) is -0.527. The Hall–Kier alpha value is -0.850. The molecule has 0 amide bonds. The third-order valence-corrected chi connectivity index (χ3v) is 1.96. The summed E-state index contributed by atoms with van der Waals surface area (Å²) < 4.78 is 25.6. The van der Waals surface area contributed by atoms with Gasteiger partial charge in [-0.25, -0.2) is 0 Å². The quantitative estimate of drug-likeness (QED) is 0.711. The Morgan fingerprint density at radius 3 is 2.38 bits per heavy atom. The van der Waals surface area contributed by atoms with Crippen LogP contribution < -0.4 is 0 Å². The summed E-state index contributed by atoms with van der Waals surface area (Å²) in [6.07, 6.45) is 0. The second kappa shape index (κ2) is 3.49. The van der Waals surface area contributed by atoms with Gasteiger partial charge in [0.15, 0.2) is 0 Å². The first-order valence-electron chi connectivity index (χ1n) is 3.22. The van der Waals surface area contributed by atoms with E-state index in [4.69, 9.17) is 28.5 Å². The Balaban J connectivity index is 3.26. The minimum absolute atomic E-state index is 0.209. The van der Waals surface area contributed by atoms with Crippen LogP contribution in [0, 0.1) is 11.3 Å². The average molecular weight is 222 g/mol. The lowest BCUT2D eigenvalue weighted by molar-refractivity contribution is 0.0614. The molecule has 0 fully saturated rings. The summed E-state index contributed by atoms with van der Waals surface area (Å²) in [4.78, 5) is 0. The van der Waals surface area contributed by atoms with Crippen molar-refractivity contribution >= 4 is 23.2 Å². The molecule has 0 bridgehead atoms. The molecule has 0 saturated carbocycles. The van der Waals surface area contributed by atoms with Crippen molar-refractivity contribution in [3.05, 3.63) is 33.8 Å². The fourth-order valence-corrected chi connectivity index (χ4v) is 1.33. The van der Waals surface area contributed by atoms with E-state index in [0.717, 1.165) is 12.1 Å². The maximum atomic E-state index is 12.8. The van der Waals surface area contributed by atoms with Crippen molar-refractivity contribution < 1.29 is 8.78 Å². The highest BCUT2D eigenvalue weighted by atomic mass is 35.5. The van der Waals surface area contributed by atoms with E-state index in [1.165, 1.54) is 12.1 Å². The molecule has 1 aromatic rings. The second-order valence-corrected chi connectivity index (χ2v) is 3.15. The van der Waals surface area contributed by atoms with Gasteiger partial charge in [-0.2, -0.15) is 14.0 Å². The largest absolute Gasteiger partial charge is 0.358 e. The fourth-order valence-electron chi connectivity index (χ4n) is 0.804. The molecule has 0 N–H and O–H groups in total. The molecule has 0 spiro atoms. The van der Waals surface area contributed by atoms with Crippen LogP contribution in [-0.2, 0) is 5.92 Å². The van der Waals surface area contributed by atoms with E-state index in [1.54, 1.807) is 0 Å². The average Bonchev–Trinajstić information content (AvgIpc) is 2.03. The minimum atomic E-state index is -3.57. The highest BCUT2D eigenvalue weighted by molar-refractivity contribution is 6.35. The van der Waals surface area contributed by atoms with Crippen molar-refractivity contribution in [1.82, 2.24) is 0 Å². The van der Waals surface area contributed by atoms with Crippen molar-refractivity contribution in [3.8, 4) is 6.07 Å². The minimum Gasteiger partial charge on any atom is -0.191 e. The highest BCUT2D eigenvalue weighted by Gasteiger charge is 2.33. The summed E-state index contributed by atoms with van der Waals surface area (Å²) >= 11 is 11.0. The number of nitrogens with zero attached hydrogens (tertiary/aromatic N) is 1. The molecule has 1 rings (SSSR count). The molecule has 0 unspecified atom stereocenters. The lowest BCUT2D eigenvalue weighted by atomic mass is 10.1. The van der Waals surface area contributed by atoms with Crippen molar-refractivity contribution in [3.63, 3.8) is 0 Å². The van der Waals surface area contributed by atoms with Crippen LogP contribution in [0.5, 0.6) is 0 Å². The first-order chi connectivity index (χ1) is 5.97. The Kier molecular flexibility index (Phi) is 2.74. The number of hydrogen-bond acceptors (Lipinski definition) is 1. The van der Waals surface area contributed by atoms with Crippen LogP contribution >= 0.6 is 23.2 Å². The van der Waals surface area contributed by atoms with Crippen LogP contribution in [-0.4, -0.2) is 0 Å². The van der Waals surface area contributed by atoms with Crippen LogP contribution in [0.4, 0.5) is 8.78 Å². The SMILES string of the molecule is N#CC(F)(F)c1ccc(Cl)cc1Cl. The van der Waals surface area contributed by atoms with Gasteiger partial charge in [-0.1, -0.05) is 23.2 Å². The number of rotatable bonds is 1.